The smallest absolute Gasteiger partial charge is 0.176 e. The van der Waals surface area contributed by atoms with Crippen LogP contribution in [0.4, 0.5) is 0 Å². The van der Waals surface area contributed by atoms with Gasteiger partial charge in [0.15, 0.2) is 5.78 Å². The lowest BCUT2D eigenvalue weighted by atomic mass is 9.84. The van der Waals surface area contributed by atoms with Gasteiger partial charge >= 0.3 is 0 Å². The first-order valence-electron chi connectivity index (χ1n) is 6.66. The second-order valence-corrected chi connectivity index (χ2v) is 4.90. The first kappa shape index (κ1) is 13.4. The molecule has 1 aliphatic carbocycles. The van der Waals surface area contributed by atoms with Crippen molar-refractivity contribution in [2.75, 3.05) is 0 Å². The second kappa shape index (κ2) is 6.24. The Balaban J connectivity index is 2.19. The molecule has 19 heavy (non-hydrogen) atoms. The standard InChI is InChI=1S/C15H17N3O/c1-11-17-8-7-14(18-11)9-13(10-16)15(19)12-5-3-2-4-6-12/h7-9,12H,2-6H2,1H3/b13-9+. The van der Waals surface area contributed by atoms with Crippen LogP contribution in [0, 0.1) is 24.2 Å². The number of nitrogens with zero attached hydrogens (tertiary/aromatic N) is 3. The average Bonchev–Trinajstić information content (AvgIpc) is 2.45. The van der Waals surface area contributed by atoms with Crippen LogP contribution in [0.1, 0.15) is 43.6 Å². The molecule has 0 aliphatic heterocycles. The third-order valence-electron chi connectivity index (χ3n) is 3.45. The van der Waals surface area contributed by atoms with Crippen molar-refractivity contribution in [2.24, 2.45) is 5.92 Å². The van der Waals surface area contributed by atoms with Crippen LogP contribution in [0.3, 0.4) is 0 Å². The van der Waals surface area contributed by atoms with E-state index in [2.05, 4.69) is 9.97 Å². The Labute approximate surface area is 113 Å². The van der Waals surface area contributed by atoms with Gasteiger partial charge in [-0.25, -0.2) is 9.97 Å². The third kappa shape index (κ3) is 3.47. The molecule has 98 valence electrons. The number of hydrogen-bond acceptors (Lipinski definition) is 4. The van der Waals surface area contributed by atoms with E-state index in [0.717, 1.165) is 25.7 Å². The molecular formula is C15H17N3O. The molecule has 0 atom stereocenters. The summed E-state index contributed by atoms with van der Waals surface area (Å²) in [7, 11) is 0. The largest absolute Gasteiger partial charge is 0.293 e. The van der Waals surface area contributed by atoms with Gasteiger partial charge in [-0.15, -0.1) is 0 Å². The molecule has 0 unspecified atom stereocenters. The molecule has 0 bridgehead atoms. The van der Waals surface area contributed by atoms with Gasteiger partial charge in [0.1, 0.15) is 11.9 Å². The van der Waals surface area contributed by atoms with E-state index in [4.69, 9.17) is 0 Å². The number of carbonyl (C=O) groups excluding carboxylic acids is 1. The molecule has 1 saturated carbocycles. The molecule has 0 aromatic carbocycles. The zero-order valence-corrected chi connectivity index (χ0v) is 11.1. The number of nitriles is 1. The maximum atomic E-state index is 12.3. The minimum Gasteiger partial charge on any atom is -0.293 e. The molecule has 0 radical (unpaired) electrons. The molecular weight excluding hydrogens is 238 g/mol. The summed E-state index contributed by atoms with van der Waals surface area (Å²) in [5.41, 5.74) is 0.832. The maximum absolute atomic E-state index is 12.3. The van der Waals surface area contributed by atoms with Gasteiger partial charge in [0, 0.05) is 12.1 Å². The summed E-state index contributed by atoms with van der Waals surface area (Å²) >= 11 is 0. The lowest BCUT2D eigenvalue weighted by Crippen LogP contribution is -2.19. The average molecular weight is 255 g/mol. The second-order valence-electron chi connectivity index (χ2n) is 4.90. The van der Waals surface area contributed by atoms with Gasteiger partial charge in [-0.05, 0) is 31.9 Å². The van der Waals surface area contributed by atoms with E-state index < -0.39 is 0 Å². The van der Waals surface area contributed by atoms with Gasteiger partial charge in [-0.1, -0.05) is 19.3 Å². The summed E-state index contributed by atoms with van der Waals surface area (Å²) in [6, 6.07) is 3.73. The Morgan fingerprint density at radius 2 is 2.16 bits per heavy atom. The molecule has 1 fully saturated rings. The van der Waals surface area contributed by atoms with E-state index in [-0.39, 0.29) is 17.3 Å². The first-order valence-corrected chi connectivity index (χ1v) is 6.66. The minimum absolute atomic E-state index is 0.0163. The summed E-state index contributed by atoms with van der Waals surface area (Å²) in [5, 5.41) is 9.18. The lowest BCUT2D eigenvalue weighted by Gasteiger charge is -2.19. The fourth-order valence-electron chi connectivity index (χ4n) is 2.45. The highest BCUT2D eigenvalue weighted by atomic mass is 16.1. The third-order valence-corrected chi connectivity index (χ3v) is 3.45. The van der Waals surface area contributed by atoms with Crippen molar-refractivity contribution >= 4 is 11.9 Å². The number of rotatable bonds is 3. The SMILES string of the molecule is Cc1nccc(/C=C(\C#N)C(=O)C2CCCCC2)n1. The number of aromatic nitrogens is 2. The number of Topliss-reactive ketones (excluding diaryl/α,β-unsaturated/α-hetero) is 1. The number of carbonyl (C=O) groups is 1. The van der Waals surface area contributed by atoms with E-state index in [0.29, 0.717) is 11.5 Å². The zero-order chi connectivity index (χ0) is 13.7. The van der Waals surface area contributed by atoms with Gasteiger partial charge in [0.2, 0.25) is 0 Å². The highest BCUT2D eigenvalue weighted by Gasteiger charge is 2.24. The molecule has 0 amide bonds. The molecule has 0 N–H and O–H groups in total. The molecule has 0 spiro atoms. The summed E-state index contributed by atoms with van der Waals surface area (Å²) in [4.78, 5) is 20.5. The van der Waals surface area contributed by atoms with E-state index in [9.17, 15) is 10.1 Å². The normalized spacial score (nSPS) is 16.9. The molecule has 2 rings (SSSR count). The van der Waals surface area contributed by atoms with Crippen LogP contribution >= 0.6 is 0 Å². The Morgan fingerprint density at radius 1 is 1.42 bits per heavy atom. The summed E-state index contributed by atoms with van der Waals surface area (Å²) in [6.07, 6.45) is 8.38. The Bertz CT molecular complexity index is 537. The van der Waals surface area contributed by atoms with Crippen LogP contribution in [0.25, 0.3) is 6.08 Å². The molecule has 4 heteroatoms. The van der Waals surface area contributed by atoms with Crippen molar-refractivity contribution in [2.45, 2.75) is 39.0 Å². The molecule has 1 aromatic rings. The van der Waals surface area contributed by atoms with Crippen LogP contribution < -0.4 is 0 Å². The summed E-state index contributed by atoms with van der Waals surface area (Å²) in [5.74, 6) is 0.622. The fourth-order valence-corrected chi connectivity index (χ4v) is 2.45. The Hall–Kier alpha value is -2.02. The quantitative estimate of drug-likeness (QED) is 0.615. The van der Waals surface area contributed by atoms with Crippen molar-refractivity contribution < 1.29 is 4.79 Å². The number of ketones is 1. The monoisotopic (exact) mass is 255 g/mol. The molecule has 1 heterocycles. The predicted molar refractivity (Wildman–Crippen MR) is 71.9 cm³/mol. The topological polar surface area (TPSA) is 66.6 Å². The van der Waals surface area contributed by atoms with Gasteiger partial charge in [0.05, 0.1) is 11.3 Å². The van der Waals surface area contributed by atoms with E-state index in [1.54, 1.807) is 25.3 Å². The van der Waals surface area contributed by atoms with Crippen LogP contribution in [0.2, 0.25) is 0 Å². The number of aryl methyl sites for hydroxylation is 1. The summed E-state index contributed by atoms with van der Waals surface area (Å²) in [6.45, 7) is 1.78. The van der Waals surface area contributed by atoms with Gasteiger partial charge < -0.3 is 0 Å². The van der Waals surface area contributed by atoms with Crippen LogP contribution in [-0.2, 0) is 4.79 Å². The number of allylic oxidation sites excluding steroid dienone is 1. The molecule has 0 saturated heterocycles. The zero-order valence-electron chi connectivity index (χ0n) is 11.1. The highest BCUT2D eigenvalue weighted by molar-refractivity contribution is 6.04. The van der Waals surface area contributed by atoms with Crippen LogP contribution in [0.15, 0.2) is 17.8 Å². The van der Waals surface area contributed by atoms with E-state index in [1.807, 2.05) is 6.07 Å². The highest BCUT2D eigenvalue weighted by Crippen LogP contribution is 2.26. The van der Waals surface area contributed by atoms with Crippen molar-refractivity contribution in [1.82, 2.24) is 9.97 Å². The molecule has 1 aromatic heterocycles. The minimum atomic E-state index is -0.0292. The lowest BCUT2D eigenvalue weighted by molar-refractivity contribution is -0.119. The Kier molecular flexibility index (Phi) is 4.40. The molecule has 4 nitrogen and oxygen atoms in total. The fraction of sp³-hybridized carbons (Fsp3) is 0.467. The van der Waals surface area contributed by atoms with E-state index >= 15 is 0 Å². The summed E-state index contributed by atoms with van der Waals surface area (Å²) < 4.78 is 0. The molecule has 1 aliphatic rings. The first-order chi connectivity index (χ1) is 9.20. The van der Waals surface area contributed by atoms with Crippen molar-refractivity contribution in [3.8, 4) is 6.07 Å². The number of hydrogen-bond donors (Lipinski definition) is 0. The van der Waals surface area contributed by atoms with Crippen molar-refractivity contribution in [3.05, 3.63) is 29.4 Å². The Morgan fingerprint density at radius 3 is 2.79 bits per heavy atom. The van der Waals surface area contributed by atoms with Crippen LogP contribution in [-0.4, -0.2) is 15.8 Å². The van der Waals surface area contributed by atoms with Crippen molar-refractivity contribution in [1.29, 1.82) is 5.26 Å². The van der Waals surface area contributed by atoms with Gasteiger partial charge in [-0.2, -0.15) is 5.26 Å². The predicted octanol–water partition coefficient (Wildman–Crippen LogP) is 2.84. The van der Waals surface area contributed by atoms with Crippen LogP contribution in [0.5, 0.6) is 0 Å². The van der Waals surface area contributed by atoms with Gasteiger partial charge in [-0.3, -0.25) is 4.79 Å². The van der Waals surface area contributed by atoms with Gasteiger partial charge in [0.25, 0.3) is 0 Å². The van der Waals surface area contributed by atoms with Crippen molar-refractivity contribution in [3.63, 3.8) is 0 Å². The van der Waals surface area contributed by atoms with E-state index in [1.165, 1.54) is 6.42 Å². The maximum Gasteiger partial charge on any atom is 0.176 e.